The second-order valence-electron chi connectivity index (χ2n) is 4.06. The number of pyridine rings is 1. The van der Waals surface area contributed by atoms with Crippen molar-refractivity contribution >= 4 is 23.2 Å². The van der Waals surface area contributed by atoms with Gasteiger partial charge in [-0.1, -0.05) is 37.0 Å². The highest BCUT2D eigenvalue weighted by Gasteiger charge is 2.16. The van der Waals surface area contributed by atoms with E-state index < -0.39 is 5.82 Å². The zero-order valence-electron chi connectivity index (χ0n) is 9.78. The average molecular weight is 286 g/mol. The second-order valence-corrected chi connectivity index (χ2v) is 4.77. The molecule has 0 aliphatic carbocycles. The Labute approximate surface area is 114 Å². The minimum Gasteiger partial charge on any atom is -0.250 e. The standard InChI is InChI=1S/C12H10Cl2FN3/c1-6(2)9-10(13)17-12(18-11(9)14)8-4-3-7(15)5-16-8/h3-6H,1-2H3. The van der Waals surface area contributed by atoms with Gasteiger partial charge in [0.1, 0.15) is 21.8 Å². The Kier molecular flexibility index (Phi) is 3.78. The molecular formula is C12H10Cl2FN3. The van der Waals surface area contributed by atoms with Crippen LogP contribution in [0.25, 0.3) is 11.5 Å². The topological polar surface area (TPSA) is 38.7 Å². The first-order valence-electron chi connectivity index (χ1n) is 5.34. The average Bonchev–Trinajstić information content (AvgIpc) is 2.28. The van der Waals surface area contributed by atoms with Crippen molar-refractivity contribution in [2.45, 2.75) is 19.8 Å². The molecule has 0 aliphatic heterocycles. The molecule has 0 spiro atoms. The molecule has 0 unspecified atom stereocenters. The van der Waals surface area contributed by atoms with Gasteiger partial charge in [0, 0.05) is 5.56 Å². The van der Waals surface area contributed by atoms with Crippen LogP contribution in [0.2, 0.25) is 10.3 Å². The molecule has 0 bridgehead atoms. The Balaban J connectivity index is 2.51. The van der Waals surface area contributed by atoms with Crippen LogP contribution in [0, 0.1) is 5.82 Å². The SMILES string of the molecule is CC(C)c1c(Cl)nc(-c2ccc(F)cn2)nc1Cl. The summed E-state index contributed by atoms with van der Waals surface area (Å²) in [6.45, 7) is 3.90. The van der Waals surface area contributed by atoms with Crippen LogP contribution in [-0.2, 0) is 0 Å². The first-order valence-corrected chi connectivity index (χ1v) is 6.09. The van der Waals surface area contributed by atoms with E-state index in [1.165, 1.54) is 12.1 Å². The fourth-order valence-corrected chi connectivity index (χ4v) is 2.34. The minimum atomic E-state index is -0.422. The van der Waals surface area contributed by atoms with Crippen LogP contribution in [0.5, 0.6) is 0 Å². The molecule has 0 fully saturated rings. The summed E-state index contributed by atoms with van der Waals surface area (Å²) in [6.07, 6.45) is 1.09. The van der Waals surface area contributed by atoms with Crippen molar-refractivity contribution < 1.29 is 4.39 Å². The van der Waals surface area contributed by atoms with Gasteiger partial charge in [0.15, 0.2) is 5.82 Å². The van der Waals surface area contributed by atoms with Crippen LogP contribution in [0.3, 0.4) is 0 Å². The third-order valence-electron chi connectivity index (χ3n) is 2.39. The van der Waals surface area contributed by atoms with Crippen LogP contribution in [0.15, 0.2) is 18.3 Å². The van der Waals surface area contributed by atoms with Gasteiger partial charge in [0.2, 0.25) is 0 Å². The van der Waals surface area contributed by atoms with E-state index in [1.54, 1.807) is 0 Å². The van der Waals surface area contributed by atoms with Gasteiger partial charge < -0.3 is 0 Å². The van der Waals surface area contributed by atoms with E-state index in [4.69, 9.17) is 23.2 Å². The monoisotopic (exact) mass is 285 g/mol. The predicted octanol–water partition coefficient (Wildman–Crippen LogP) is 4.11. The lowest BCUT2D eigenvalue weighted by Gasteiger charge is -2.10. The molecule has 94 valence electrons. The molecule has 0 atom stereocenters. The zero-order valence-corrected chi connectivity index (χ0v) is 11.3. The molecule has 2 rings (SSSR count). The summed E-state index contributed by atoms with van der Waals surface area (Å²) < 4.78 is 12.8. The van der Waals surface area contributed by atoms with Gasteiger partial charge in [-0.15, -0.1) is 0 Å². The van der Waals surface area contributed by atoms with E-state index in [-0.39, 0.29) is 11.7 Å². The number of nitrogens with zero attached hydrogens (tertiary/aromatic N) is 3. The van der Waals surface area contributed by atoms with Crippen LogP contribution in [0.1, 0.15) is 25.3 Å². The van der Waals surface area contributed by atoms with Gasteiger partial charge in [-0.25, -0.2) is 19.3 Å². The Morgan fingerprint density at radius 1 is 1.11 bits per heavy atom. The summed E-state index contributed by atoms with van der Waals surface area (Å²) in [5.41, 5.74) is 1.12. The lowest BCUT2D eigenvalue weighted by atomic mass is 10.1. The maximum absolute atomic E-state index is 12.8. The first kappa shape index (κ1) is 13.2. The highest BCUT2D eigenvalue weighted by molar-refractivity contribution is 6.34. The molecule has 0 saturated heterocycles. The molecular weight excluding hydrogens is 276 g/mol. The summed E-state index contributed by atoms with van der Waals surface area (Å²) in [7, 11) is 0. The van der Waals surface area contributed by atoms with Crippen molar-refractivity contribution in [1.82, 2.24) is 15.0 Å². The van der Waals surface area contributed by atoms with Crippen molar-refractivity contribution in [3.63, 3.8) is 0 Å². The smallest absolute Gasteiger partial charge is 0.181 e. The maximum Gasteiger partial charge on any atom is 0.181 e. The summed E-state index contributed by atoms with van der Waals surface area (Å²) in [5.74, 6) is -0.00984. The molecule has 0 aliphatic rings. The molecule has 6 heteroatoms. The number of halogens is 3. The molecule has 2 aromatic heterocycles. The molecule has 18 heavy (non-hydrogen) atoms. The first-order chi connectivity index (χ1) is 8.49. The summed E-state index contributed by atoms with van der Waals surface area (Å²) in [4.78, 5) is 12.2. The molecule has 3 nitrogen and oxygen atoms in total. The van der Waals surface area contributed by atoms with Gasteiger partial charge in [0.05, 0.1) is 6.20 Å². The molecule has 0 amide bonds. The third-order valence-corrected chi connectivity index (χ3v) is 2.96. The van der Waals surface area contributed by atoms with Crippen LogP contribution in [-0.4, -0.2) is 15.0 Å². The fourth-order valence-electron chi connectivity index (χ4n) is 1.52. The summed E-state index contributed by atoms with van der Waals surface area (Å²) >= 11 is 12.1. The molecule has 0 saturated carbocycles. The van der Waals surface area contributed by atoms with Gasteiger partial charge >= 0.3 is 0 Å². The molecule has 0 aromatic carbocycles. The number of aromatic nitrogens is 3. The van der Waals surface area contributed by atoms with Gasteiger partial charge in [-0.05, 0) is 18.1 Å². The Morgan fingerprint density at radius 2 is 1.72 bits per heavy atom. The van der Waals surface area contributed by atoms with Crippen molar-refractivity contribution in [3.8, 4) is 11.5 Å². The minimum absolute atomic E-state index is 0.125. The molecule has 2 aromatic rings. The van der Waals surface area contributed by atoms with Gasteiger partial charge in [0.25, 0.3) is 0 Å². The molecule has 0 radical (unpaired) electrons. The van der Waals surface area contributed by atoms with Crippen molar-refractivity contribution in [2.75, 3.05) is 0 Å². The van der Waals surface area contributed by atoms with E-state index in [9.17, 15) is 4.39 Å². The van der Waals surface area contributed by atoms with E-state index in [0.29, 0.717) is 21.6 Å². The van der Waals surface area contributed by atoms with Gasteiger partial charge in [-0.2, -0.15) is 0 Å². The molecule has 0 N–H and O–H groups in total. The Hall–Kier alpha value is -1.26. The van der Waals surface area contributed by atoms with Crippen molar-refractivity contribution in [1.29, 1.82) is 0 Å². The van der Waals surface area contributed by atoms with E-state index in [2.05, 4.69) is 15.0 Å². The number of rotatable bonds is 2. The lowest BCUT2D eigenvalue weighted by molar-refractivity contribution is 0.621. The van der Waals surface area contributed by atoms with Crippen LogP contribution < -0.4 is 0 Å². The lowest BCUT2D eigenvalue weighted by Crippen LogP contribution is -2.00. The van der Waals surface area contributed by atoms with Gasteiger partial charge in [-0.3, -0.25) is 0 Å². The zero-order chi connectivity index (χ0) is 13.3. The van der Waals surface area contributed by atoms with E-state index in [0.717, 1.165) is 6.20 Å². The molecule has 2 heterocycles. The van der Waals surface area contributed by atoms with Crippen LogP contribution in [0.4, 0.5) is 4.39 Å². The highest BCUT2D eigenvalue weighted by Crippen LogP contribution is 2.30. The van der Waals surface area contributed by atoms with Crippen molar-refractivity contribution in [2.24, 2.45) is 0 Å². The fraction of sp³-hybridized carbons (Fsp3) is 0.250. The largest absolute Gasteiger partial charge is 0.250 e. The maximum atomic E-state index is 12.8. The number of hydrogen-bond donors (Lipinski definition) is 0. The normalized spacial score (nSPS) is 11.0. The second kappa shape index (κ2) is 5.16. The highest BCUT2D eigenvalue weighted by atomic mass is 35.5. The predicted molar refractivity (Wildman–Crippen MR) is 69.3 cm³/mol. The van der Waals surface area contributed by atoms with Crippen LogP contribution >= 0.6 is 23.2 Å². The number of hydrogen-bond acceptors (Lipinski definition) is 3. The summed E-state index contributed by atoms with van der Waals surface area (Å²) in [6, 6.07) is 2.76. The quantitative estimate of drug-likeness (QED) is 0.780. The Morgan fingerprint density at radius 3 is 2.17 bits per heavy atom. The summed E-state index contributed by atoms with van der Waals surface area (Å²) in [5, 5.41) is 0.595. The third kappa shape index (κ3) is 2.60. The van der Waals surface area contributed by atoms with Crippen molar-refractivity contribution in [3.05, 3.63) is 40.0 Å². The van der Waals surface area contributed by atoms with E-state index in [1.807, 2.05) is 13.8 Å². The Bertz CT molecular complexity index is 547. The van der Waals surface area contributed by atoms with E-state index >= 15 is 0 Å².